The molecule has 34 heavy (non-hydrogen) atoms. The Morgan fingerprint density at radius 1 is 0.559 bits per heavy atom. The van der Waals surface area contributed by atoms with Gasteiger partial charge in [-0.05, 0) is 84.6 Å². The molecule has 0 heterocycles. The van der Waals surface area contributed by atoms with Crippen molar-refractivity contribution in [1.29, 1.82) is 0 Å². The van der Waals surface area contributed by atoms with Gasteiger partial charge in [-0.2, -0.15) is 0 Å². The van der Waals surface area contributed by atoms with Crippen molar-refractivity contribution < 1.29 is 27.8 Å². The van der Waals surface area contributed by atoms with E-state index in [-0.39, 0.29) is 22.6 Å². The monoisotopic (exact) mass is 458 g/mol. The van der Waals surface area contributed by atoms with Crippen LogP contribution in [0.15, 0.2) is 84.9 Å². The highest BCUT2D eigenvalue weighted by atomic mass is 19.1. The molecule has 0 saturated heterocycles. The Bertz CT molecular complexity index is 1250. The van der Waals surface area contributed by atoms with Gasteiger partial charge in [0.05, 0.1) is 11.1 Å². The van der Waals surface area contributed by atoms with Gasteiger partial charge in [0.2, 0.25) is 0 Å². The Morgan fingerprint density at radius 3 is 1.24 bits per heavy atom. The molecule has 0 unspecified atom stereocenters. The lowest BCUT2D eigenvalue weighted by molar-refractivity contribution is 0.0720. The van der Waals surface area contributed by atoms with E-state index in [0.29, 0.717) is 11.1 Å². The zero-order valence-electron chi connectivity index (χ0n) is 18.5. The normalized spacial score (nSPS) is 10.6. The van der Waals surface area contributed by atoms with Crippen LogP contribution in [0.2, 0.25) is 0 Å². The summed E-state index contributed by atoms with van der Waals surface area (Å²) in [6.45, 7) is 3.47. The molecule has 0 N–H and O–H groups in total. The van der Waals surface area contributed by atoms with E-state index in [1.54, 1.807) is 74.5 Å². The summed E-state index contributed by atoms with van der Waals surface area (Å²) in [6.07, 6.45) is 0. The van der Waals surface area contributed by atoms with Gasteiger partial charge in [-0.25, -0.2) is 18.4 Å². The summed E-state index contributed by atoms with van der Waals surface area (Å²) >= 11 is 0. The second-order valence-electron chi connectivity index (χ2n) is 7.79. The number of carbonyl (C=O) groups is 2. The van der Waals surface area contributed by atoms with Gasteiger partial charge in [0, 0.05) is 0 Å². The number of ether oxygens (including phenoxy) is 2. The van der Waals surface area contributed by atoms with Crippen LogP contribution in [0.25, 0.3) is 11.1 Å². The zero-order valence-corrected chi connectivity index (χ0v) is 18.5. The lowest BCUT2D eigenvalue weighted by Gasteiger charge is -2.09. The van der Waals surface area contributed by atoms with Crippen molar-refractivity contribution in [1.82, 2.24) is 0 Å². The van der Waals surface area contributed by atoms with Gasteiger partial charge in [-0.1, -0.05) is 36.4 Å². The molecule has 6 heteroatoms. The predicted octanol–water partition coefficient (Wildman–Crippen LogP) is 6.69. The van der Waals surface area contributed by atoms with Crippen molar-refractivity contribution in [3.8, 4) is 22.6 Å². The molecule has 4 rings (SSSR count). The minimum absolute atomic E-state index is 0.134. The average Bonchev–Trinajstić information content (AvgIpc) is 2.80. The lowest BCUT2D eigenvalue weighted by atomic mass is 10.1. The molecule has 4 aromatic carbocycles. The summed E-state index contributed by atoms with van der Waals surface area (Å²) in [4.78, 5) is 24.5. The van der Waals surface area contributed by atoms with E-state index in [1.807, 2.05) is 0 Å². The Balaban J connectivity index is 1.42. The van der Waals surface area contributed by atoms with Crippen LogP contribution in [0.4, 0.5) is 8.78 Å². The van der Waals surface area contributed by atoms with Crippen LogP contribution < -0.4 is 9.47 Å². The molecule has 4 aromatic rings. The van der Waals surface area contributed by atoms with Crippen molar-refractivity contribution in [2.75, 3.05) is 0 Å². The van der Waals surface area contributed by atoms with Gasteiger partial charge in [-0.15, -0.1) is 0 Å². The topological polar surface area (TPSA) is 52.6 Å². The smallest absolute Gasteiger partial charge is 0.346 e. The fourth-order valence-corrected chi connectivity index (χ4v) is 3.33. The Kier molecular flexibility index (Phi) is 6.50. The first kappa shape index (κ1) is 22.9. The average molecular weight is 458 g/mol. The van der Waals surface area contributed by atoms with Crippen LogP contribution in [-0.4, -0.2) is 11.9 Å². The minimum Gasteiger partial charge on any atom is -0.423 e. The maximum Gasteiger partial charge on any atom is 0.346 e. The molecule has 0 radical (unpaired) electrons. The Morgan fingerprint density at radius 2 is 0.912 bits per heavy atom. The molecule has 0 aliphatic heterocycles. The number of aryl methyl sites for hydroxylation is 2. The summed E-state index contributed by atoms with van der Waals surface area (Å²) in [5, 5.41) is 0. The highest BCUT2D eigenvalue weighted by molar-refractivity contribution is 5.92. The quantitative estimate of drug-likeness (QED) is 0.247. The molecule has 0 saturated carbocycles. The maximum atomic E-state index is 14.0. The predicted molar refractivity (Wildman–Crippen MR) is 124 cm³/mol. The molecule has 0 fully saturated rings. The van der Waals surface area contributed by atoms with Gasteiger partial charge in [0.1, 0.15) is 23.1 Å². The summed E-state index contributed by atoms with van der Waals surface area (Å²) in [5.74, 6) is -2.26. The van der Waals surface area contributed by atoms with Crippen molar-refractivity contribution in [3.63, 3.8) is 0 Å². The van der Waals surface area contributed by atoms with E-state index in [4.69, 9.17) is 9.47 Å². The number of esters is 2. The van der Waals surface area contributed by atoms with Crippen LogP contribution in [0.1, 0.15) is 31.8 Å². The van der Waals surface area contributed by atoms with Gasteiger partial charge in [0.25, 0.3) is 0 Å². The fourth-order valence-electron chi connectivity index (χ4n) is 3.33. The van der Waals surface area contributed by atoms with Crippen molar-refractivity contribution >= 4 is 11.9 Å². The Hall–Kier alpha value is -4.32. The van der Waals surface area contributed by atoms with Gasteiger partial charge in [-0.3, -0.25) is 0 Å². The number of hydrogen-bond acceptors (Lipinski definition) is 4. The number of benzene rings is 4. The summed E-state index contributed by atoms with van der Waals surface area (Å²) in [7, 11) is 0. The zero-order chi connectivity index (χ0) is 24.2. The highest BCUT2D eigenvalue weighted by Crippen LogP contribution is 2.26. The molecule has 0 amide bonds. The maximum absolute atomic E-state index is 14.0. The van der Waals surface area contributed by atoms with Crippen LogP contribution in [0.3, 0.4) is 0 Å². The number of carbonyl (C=O) groups excluding carboxylic acids is 2. The van der Waals surface area contributed by atoms with Crippen LogP contribution >= 0.6 is 0 Å². The molecular weight excluding hydrogens is 438 g/mol. The summed E-state index contributed by atoms with van der Waals surface area (Å²) < 4.78 is 38.5. The number of rotatable bonds is 5. The number of halogens is 2. The van der Waals surface area contributed by atoms with Gasteiger partial charge < -0.3 is 9.47 Å². The molecule has 170 valence electrons. The second-order valence-corrected chi connectivity index (χ2v) is 7.79. The van der Waals surface area contributed by atoms with E-state index in [0.717, 1.165) is 11.1 Å². The molecular formula is C28H20F2O4. The molecule has 0 atom stereocenters. The molecule has 0 spiro atoms. The first-order valence-electron chi connectivity index (χ1n) is 10.5. The Labute approximate surface area is 195 Å². The fraction of sp³-hybridized carbons (Fsp3) is 0.0714. The standard InChI is InChI=1S/C28H20F2O4/c1-17-3-13-23(25(29)15-17)27(31)33-21-9-5-19(6-10-21)20-7-11-22(12-8-20)34-28(32)24-14-4-18(2)16-26(24)30/h3-16H,1-2H3. The van der Waals surface area contributed by atoms with E-state index in [9.17, 15) is 18.4 Å². The number of hydrogen-bond donors (Lipinski definition) is 0. The van der Waals surface area contributed by atoms with E-state index >= 15 is 0 Å². The first-order valence-corrected chi connectivity index (χ1v) is 10.5. The minimum atomic E-state index is -0.776. The molecule has 0 aromatic heterocycles. The second kappa shape index (κ2) is 9.67. The van der Waals surface area contributed by atoms with Crippen molar-refractivity contribution in [3.05, 3.63) is 119 Å². The molecule has 4 nitrogen and oxygen atoms in total. The molecule has 0 bridgehead atoms. The van der Waals surface area contributed by atoms with Gasteiger partial charge >= 0.3 is 11.9 Å². The largest absolute Gasteiger partial charge is 0.423 e. The third-order valence-corrected chi connectivity index (χ3v) is 5.15. The summed E-state index contributed by atoms with van der Waals surface area (Å²) in [6, 6.07) is 22.0. The van der Waals surface area contributed by atoms with Crippen LogP contribution in [0, 0.1) is 25.5 Å². The van der Waals surface area contributed by atoms with E-state index < -0.39 is 23.6 Å². The van der Waals surface area contributed by atoms with E-state index in [1.165, 1.54) is 24.3 Å². The molecule has 0 aliphatic rings. The molecule has 0 aliphatic carbocycles. The van der Waals surface area contributed by atoms with Crippen LogP contribution in [0.5, 0.6) is 11.5 Å². The highest BCUT2D eigenvalue weighted by Gasteiger charge is 2.15. The lowest BCUT2D eigenvalue weighted by Crippen LogP contribution is -2.10. The van der Waals surface area contributed by atoms with Gasteiger partial charge in [0.15, 0.2) is 0 Å². The van der Waals surface area contributed by atoms with Crippen LogP contribution in [-0.2, 0) is 0 Å². The summed E-state index contributed by atoms with van der Waals surface area (Å²) in [5.41, 5.74) is 2.80. The third-order valence-electron chi connectivity index (χ3n) is 5.15. The van der Waals surface area contributed by atoms with E-state index in [2.05, 4.69) is 0 Å². The SMILES string of the molecule is Cc1ccc(C(=O)Oc2ccc(-c3ccc(OC(=O)c4ccc(C)cc4F)cc3)cc2)c(F)c1. The third kappa shape index (κ3) is 5.18. The van der Waals surface area contributed by atoms with Crippen molar-refractivity contribution in [2.24, 2.45) is 0 Å². The first-order chi connectivity index (χ1) is 16.3. The van der Waals surface area contributed by atoms with Crippen molar-refractivity contribution in [2.45, 2.75) is 13.8 Å².